The van der Waals surface area contributed by atoms with E-state index in [1.54, 1.807) is 22.3 Å². The minimum atomic E-state index is -3.20. The van der Waals surface area contributed by atoms with E-state index in [2.05, 4.69) is 152 Å². The van der Waals surface area contributed by atoms with Gasteiger partial charge in [0.1, 0.15) is 0 Å². The Hall–Kier alpha value is -2.19. The fraction of sp³-hybridized carbons (Fsp3) is 0.378. The minimum Gasteiger partial charge on any atom is -1.00 e. The van der Waals surface area contributed by atoms with Crippen LogP contribution in [0.4, 0.5) is 0 Å². The number of halogens is 2. The van der Waals surface area contributed by atoms with E-state index < -0.39 is 20.0 Å². The van der Waals surface area contributed by atoms with E-state index >= 15 is 0 Å². The van der Waals surface area contributed by atoms with Gasteiger partial charge in [-0.3, -0.25) is 0 Å². The molecule has 2 aliphatic carbocycles. The molecule has 1 saturated heterocycles. The van der Waals surface area contributed by atoms with Crippen molar-refractivity contribution >= 4 is 12.2 Å². The van der Waals surface area contributed by atoms with E-state index in [0.717, 1.165) is 12.8 Å². The van der Waals surface area contributed by atoms with Crippen molar-refractivity contribution in [3.05, 3.63) is 129 Å². The second-order valence-corrected chi connectivity index (χ2v) is 33.0. The first kappa shape index (κ1) is 37.1. The van der Waals surface area contributed by atoms with E-state index in [1.165, 1.54) is 59.3 Å². The van der Waals surface area contributed by atoms with Crippen molar-refractivity contribution in [2.24, 2.45) is 10.8 Å². The van der Waals surface area contributed by atoms with E-state index in [0.29, 0.717) is 7.35 Å². The number of hydrogen-bond donors (Lipinski definition) is 0. The first-order chi connectivity index (χ1) is 22.0. The zero-order valence-corrected chi connectivity index (χ0v) is 35.3. The average molecular weight is 842 g/mol. The Kier molecular flexibility index (Phi) is 10.7. The first-order valence-electron chi connectivity index (χ1n) is 17.8. The van der Waals surface area contributed by atoms with Crippen molar-refractivity contribution in [3.63, 3.8) is 0 Å². The molecule has 1 aliphatic heterocycles. The molecule has 0 bridgehead atoms. The number of benzene rings is 4. The summed E-state index contributed by atoms with van der Waals surface area (Å²) in [7, 11) is 0. The molecule has 1 fully saturated rings. The van der Waals surface area contributed by atoms with Crippen LogP contribution in [0, 0.1) is 10.8 Å². The number of aryl methyl sites for hydroxylation is 2. The van der Waals surface area contributed by atoms with Crippen molar-refractivity contribution in [3.8, 4) is 22.3 Å². The van der Waals surface area contributed by atoms with Gasteiger partial charge in [-0.05, 0) is 0 Å². The van der Waals surface area contributed by atoms with Crippen LogP contribution in [0.1, 0.15) is 103 Å². The van der Waals surface area contributed by atoms with Crippen LogP contribution in [0.15, 0.2) is 96.1 Å². The Bertz CT molecular complexity index is 1710. The molecule has 1 heterocycles. The molecule has 0 N–H and O–H groups in total. The van der Waals surface area contributed by atoms with Crippen molar-refractivity contribution in [2.45, 2.75) is 90.4 Å². The Morgan fingerprint density at radius 3 is 1.21 bits per heavy atom. The third kappa shape index (κ3) is 6.20. The third-order valence-electron chi connectivity index (χ3n) is 11.6. The number of rotatable bonds is 6. The molecule has 4 aromatic rings. The summed E-state index contributed by atoms with van der Waals surface area (Å²) in [5, 5.41) is 0. The Morgan fingerprint density at radius 2 is 0.917 bits per heavy atom. The predicted octanol–water partition coefficient (Wildman–Crippen LogP) is 7.22. The maximum absolute atomic E-state index is 3.20. The molecular formula is C45H52Cl2Hf. The van der Waals surface area contributed by atoms with Gasteiger partial charge in [0.05, 0.1) is 0 Å². The normalized spacial score (nSPS) is 18.6. The number of allylic oxidation sites excluding steroid dienone is 2. The maximum atomic E-state index is 2.67. The summed E-state index contributed by atoms with van der Waals surface area (Å²) < 4.78 is 4.24. The van der Waals surface area contributed by atoms with Crippen molar-refractivity contribution in [1.82, 2.24) is 0 Å². The van der Waals surface area contributed by atoms with Crippen LogP contribution in [0.25, 0.3) is 34.4 Å². The molecule has 2 unspecified atom stereocenters. The topological polar surface area (TPSA) is 0 Å². The number of hydrogen-bond acceptors (Lipinski definition) is 0. The van der Waals surface area contributed by atoms with Crippen molar-refractivity contribution < 1.29 is 44.8 Å². The van der Waals surface area contributed by atoms with Crippen LogP contribution < -0.4 is 24.8 Å². The molecule has 3 heteroatoms. The maximum Gasteiger partial charge on any atom is -1.00 e. The summed E-state index contributed by atoms with van der Waals surface area (Å²) in [5.74, 6) is 0. The third-order valence-corrected chi connectivity index (χ3v) is 33.6. The van der Waals surface area contributed by atoms with Gasteiger partial charge in [0, 0.05) is 0 Å². The summed E-state index contributed by atoms with van der Waals surface area (Å²) in [4.78, 5) is 0. The molecule has 0 radical (unpaired) electrons. The smallest absolute Gasteiger partial charge is 1.00 e. The SMILES string of the molecule is CCc1ccc(-c2cccc3c2C=C(C(C)(C)C)[CH]3[Hf+2]2([CH]3C(C(C)(C)C)=Cc4c(-c5ccc(CC)cc5)cccc43)[CH2]C[CH2]2)cc1.[Cl-].[Cl-]. The largest absolute Gasteiger partial charge is 1.00 e. The second kappa shape index (κ2) is 13.8. The molecule has 0 amide bonds. The van der Waals surface area contributed by atoms with Gasteiger partial charge in [0.25, 0.3) is 0 Å². The molecule has 4 aromatic carbocycles. The van der Waals surface area contributed by atoms with Gasteiger partial charge in [-0.1, -0.05) is 0 Å². The minimum absolute atomic E-state index is 0. The predicted molar refractivity (Wildman–Crippen MR) is 197 cm³/mol. The number of fused-ring (bicyclic) bond motifs is 2. The van der Waals surface area contributed by atoms with Crippen LogP contribution in [0.5, 0.6) is 0 Å². The quantitative estimate of drug-likeness (QED) is 0.180. The molecule has 0 saturated carbocycles. The Balaban J connectivity index is 0.00000225. The zero-order chi connectivity index (χ0) is 32.4. The van der Waals surface area contributed by atoms with Crippen LogP contribution in [0.2, 0.25) is 8.35 Å². The van der Waals surface area contributed by atoms with Gasteiger partial charge in [-0.25, -0.2) is 0 Å². The molecule has 2 atom stereocenters. The van der Waals surface area contributed by atoms with Crippen molar-refractivity contribution in [2.75, 3.05) is 0 Å². The average Bonchev–Trinajstić information content (AvgIpc) is 3.62. The molecule has 48 heavy (non-hydrogen) atoms. The summed E-state index contributed by atoms with van der Waals surface area (Å²) in [6, 6.07) is 33.3. The standard InChI is InChI=1S/2C21H23.C3H6.2ClH.Hf/c2*1-5-15-9-11-16(12-10-15)19-8-6-7-17-13-18(14-20(17)19)21(2,3)4;1-3-2;;;/h2*6-14H,5H2,1-4H3;1-3H2;2*1H;/q;;;;;+2/p-2. The molecule has 0 spiro atoms. The van der Waals surface area contributed by atoms with E-state index in [1.807, 2.05) is 0 Å². The second-order valence-electron chi connectivity index (χ2n) is 16.4. The molecular weight excluding hydrogens is 790 g/mol. The van der Waals surface area contributed by atoms with Gasteiger partial charge in [0.15, 0.2) is 0 Å². The van der Waals surface area contributed by atoms with Gasteiger partial charge in [-0.2, -0.15) is 0 Å². The van der Waals surface area contributed by atoms with Crippen LogP contribution in [-0.2, 0) is 32.8 Å². The van der Waals surface area contributed by atoms with Crippen LogP contribution in [-0.4, -0.2) is 0 Å². The van der Waals surface area contributed by atoms with Crippen molar-refractivity contribution in [1.29, 1.82) is 0 Å². The fourth-order valence-corrected chi connectivity index (χ4v) is 33.0. The summed E-state index contributed by atoms with van der Waals surface area (Å²) >= 11 is -3.20. The van der Waals surface area contributed by atoms with Gasteiger partial charge in [-0.15, -0.1) is 0 Å². The first-order valence-corrected chi connectivity index (χ1v) is 27.1. The molecule has 250 valence electrons. The Morgan fingerprint density at radius 1 is 0.542 bits per heavy atom. The molecule has 7 rings (SSSR count). The zero-order valence-electron chi connectivity index (χ0n) is 30.2. The van der Waals surface area contributed by atoms with E-state index in [9.17, 15) is 0 Å². The van der Waals surface area contributed by atoms with E-state index in [4.69, 9.17) is 0 Å². The Labute approximate surface area is 307 Å². The van der Waals surface area contributed by atoms with E-state index in [-0.39, 0.29) is 35.6 Å². The monoisotopic (exact) mass is 842 g/mol. The molecule has 0 aromatic heterocycles. The summed E-state index contributed by atoms with van der Waals surface area (Å²) in [6.45, 7) is 19.4. The van der Waals surface area contributed by atoms with Crippen LogP contribution >= 0.6 is 0 Å². The molecule has 0 nitrogen and oxygen atoms in total. The van der Waals surface area contributed by atoms with Gasteiger partial charge in [0.2, 0.25) is 0 Å². The van der Waals surface area contributed by atoms with Gasteiger partial charge >= 0.3 is 285 Å². The molecule has 3 aliphatic rings. The summed E-state index contributed by atoms with van der Waals surface area (Å²) in [5.41, 5.74) is 18.4. The summed E-state index contributed by atoms with van der Waals surface area (Å²) in [6.07, 6.45) is 8.92. The fourth-order valence-electron chi connectivity index (χ4n) is 9.01. The van der Waals surface area contributed by atoms with Gasteiger partial charge < -0.3 is 24.8 Å². The van der Waals surface area contributed by atoms with Crippen LogP contribution in [0.3, 0.4) is 0 Å².